The molecule has 1 aliphatic rings. The number of fused-ring (bicyclic) bond motifs is 1. The lowest BCUT2D eigenvalue weighted by Crippen LogP contribution is -2.37. The van der Waals surface area contributed by atoms with Crippen molar-refractivity contribution in [1.29, 1.82) is 0 Å². The van der Waals surface area contributed by atoms with Crippen LogP contribution in [0.3, 0.4) is 0 Å². The number of carbonyl (C=O) groups is 1. The summed E-state index contributed by atoms with van der Waals surface area (Å²) in [5, 5.41) is 12.8. The number of nitrogens with one attached hydrogen (secondary N) is 1. The first-order valence-corrected chi connectivity index (χ1v) is 12.8. The number of primary sulfonamides is 1. The van der Waals surface area contributed by atoms with E-state index in [1.54, 1.807) is 38.1 Å². The second-order valence-corrected chi connectivity index (χ2v) is 10.3. The molecule has 3 N–H and O–H groups in total. The van der Waals surface area contributed by atoms with Gasteiger partial charge in [0.05, 0.1) is 10.6 Å². The number of amides is 1. The van der Waals surface area contributed by atoms with Gasteiger partial charge >= 0.3 is 0 Å². The summed E-state index contributed by atoms with van der Waals surface area (Å²) < 4.78 is 25.4. The zero-order chi connectivity index (χ0) is 24.6. The van der Waals surface area contributed by atoms with E-state index in [9.17, 15) is 18.0 Å². The molecule has 9 heteroatoms. The maximum atomic E-state index is 13.3. The van der Waals surface area contributed by atoms with Gasteiger partial charge in [-0.3, -0.25) is 9.59 Å². The van der Waals surface area contributed by atoms with Crippen LogP contribution in [-0.2, 0) is 27.7 Å². The summed E-state index contributed by atoms with van der Waals surface area (Å²) in [6, 6.07) is 11.5. The van der Waals surface area contributed by atoms with E-state index in [4.69, 9.17) is 5.14 Å². The molecule has 1 amide bonds. The highest BCUT2D eigenvalue weighted by atomic mass is 32.2. The highest BCUT2D eigenvalue weighted by Gasteiger charge is 2.26. The molecule has 8 nitrogen and oxygen atoms in total. The monoisotopic (exact) mass is 480 g/mol. The van der Waals surface area contributed by atoms with Gasteiger partial charge in [0, 0.05) is 16.8 Å². The van der Waals surface area contributed by atoms with Crippen molar-refractivity contribution in [2.75, 3.05) is 5.32 Å². The number of hydrogen-bond donors (Lipinski definition) is 2. The maximum absolute atomic E-state index is 13.3. The lowest BCUT2D eigenvalue weighted by atomic mass is 9.89. The number of hydrogen-bond acceptors (Lipinski definition) is 5. The van der Waals surface area contributed by atoms with E-state index < -0.39 is 16.1 Å². The second kappa shape index (κ2) is 9.15. The molecule has 0 saturated heterocycles. The van der Waals surface area contributed by atoms with Gasteiger partial charge in [-0.1, -0.05) is 29.8 Å². The van der Waals surface area contributed by atoms with E-state index in [1.165, 1.54) is 10.7 Å². The molecule has 4 rings (SSSR count). The Morgan fingerprint density at radius 1 is 1.06 bits per heavy atom. The number of carbonyl (C=O) groups excluding carboxylic acids is 1. The normalized spacial score (nSPS) is 14.4. The zero-order valence-electron chi connectivity index (χ0n) is 19.5. The SMILES string of the molecule is Cc1ccc(NC(=O)[C@H](C)n2nc(-c3ccc(C)c(S(N)(=O)=O)c3)c3c(c2=O)CCCC3)cc1. The Bertz CT molecular complexity index is 1430. The molecule has 178 valence electrons. The van der Waals surface area contributed by atoms with E-state index in [1.807, 2.05) is 19.1 Å². The minimum absolute atomic E-state index is 0.0132. The summed E-state index contributed by atoms with van der Waals surface area (Å²) in [6.07, 6.45) is 3.02. The lowest BCUT2D eigenvalue weighted by Gasteiger charge is -2.23. The van der Waals surface area contributed by atoms with E-state index >= 15 is 0 Å². The average Bonchev–Trinajstić information content (AvgIpc) is 2.80. The molecule has 0 bridgehead atoms. The zero-order valence-corrected chi connectivity index (χ0v) is 20.3. The van der Waals surface area contributed by atoms with Gasteiger partial charge in [0.2, 0.25) is 15.9 Å². The molecule has 0 unspecified atom stereocenters. The van der Waals surface area contributed by atoms with Crippen molar-refractivity contribution >= 4 is 21.6 Å². The van der Waals surface area contributed by atoms with Crippen LogP contribution < -0.4 is 16.0 Å². The molecule has 1 aliphatic carbocycles. The number of aryl methyl sites for hydroxylation is 2. The molecule has 1 atom stereocenters. The quantitative estimate of drug-likeness (QED) is 0.580. The van der Waals surface area contributed by atoms with Gasteiger partial charge in [0.1, 0.15) is 6.04 Å². The molecule has 0 fully saturated rings. The van der Waals surface area contributed by atoms with E-state index in [0.717, 1.165) is 24.0 Å². The summed E-state index contributed by atoms with van der Waals surface area (Å²) in [4.78, 5) is 26.3. The minimum atomic E-state index is -3.93. The van der Waals surface area contributed by atoms with Gasteiger partial charge in [-0.2, -0.15) is 5.10 Å². The third-order valence-electron chi connectivity index (χ3n) is 6.26. The van der Waals surface area contributed by atoms with Crippen molar-refractivity contribution in [1.82, 2.24) is 9.78 Å². The first-order valence-electron chi connectivity index (χ1n) is 11.2. The van der Waals surface area contributed by atoms with Crippen LogP contribution in [0.25, 0.3) is 11.3 Å². The molecular formula is C25H28N4O4S. The van der Waals surface area contributed by atoms with Gasteiger partial charge in [-0.15, -0.1) is 0 Å². The number of nitrogens with two attached hydrogens (primary N) is 1. The van der Waals surface area contributed by atoms with Crippen molar-refractivity contribution in [3.63, 3.8) is 0 Å². The van der Waals surface area contributed by atoms with E-state index in [2.05, 4.69) is 10.4 Å². The molecule has 34 heavy (non-hydrogen) atoms. The first kappa shape index (κ1) is 23.8. The van der Waals surface area contributed by atoms with Crippen LogP contribution in [0.1, 0.15) is 48.1 Å². The first-order chi connectivity index (χ1) is 16.1. The van der Waals surface area contributed by atoms with E-state index in [-0.39, 0.29) is 16.4 Å². The highest BCUT2D eigenvalue weighted by molar-refractivity contribution is 7.89. The number of nitrogens with zero attached hydrogens (tertiary/aromatic N) is 2. The van der Waals surface area contributed by atoms with Crippen molar-refractivity contribution < 1.29 is 13.2 Å². The van der Waals surface area contributed by atoms with Crippen LogP contribution in [0.5, 0.6) is 0 Å². The summed E-state index contributed by atoms with van der Waals surface area (Å²) in [5.74, 6) is -0.366. The highest BCUT2D eigenvalue weighted by Crippen LogP contribution is 2.31. The molecule has 1 heterocycles. The largest absolute Gasteiger partial charge is 0.324 e. The Morgan fingerprint density at radius 3 is 2.35 bits per heavy atom. The van der Waals surface area contributed by atoms with Crippen LogP contribution in [0, 0.1) is 13.8 Å². The fraction of sp³-hybridized carbons (Fsp3) is 0.320. The predicted octanol–water partition coefficient (Wildman–Crippen LogP) is 3.25. The maximum Gasteiger partial charge on any atom is 0.271 e. The minimum Gasteiger partial charge on any atom is -0.324 e. The topological polar surface area (TPSA) is 124 Å². The van der Waals surface area contributed by atoms with Crippen LogP contribution >= 0.6 is 0 Å². The van der Waals surface area contributed by atoms with Crippen molar-refractivity contribution in [3.05, 3.63) is 75.1 Å². The number of sulfonamides is 1. The van der Waals surface area contributed by atoms with Crippen molar-refractivity contribution in [3.8, 4) is 11.3 Å². The summed E-state index contributed by atoms with van der Waals surface area (Å²) in [6.45, 7) is 5.26. The Morgan fingerprint density at radius 2 is 1.71 bits per heavy atom. The smallest absolute Gasteiger partial charge is 0.271 e. The summed E-state index contributed by atoms with van der Waals surface area (Å²) >= 11 is 0. The average molecular weight is 481 g/mol. The van der Waals surface area contributed by atoms with Gasteiger partial charge in [0.25, 0.3) is 5.56 Å². The van der Waals surface area contributed by atoms with Gasteiger partial charge < -0.3 is 5.32 Å². The van der Waals surface area contributed by atoms with E-state index in [0.29, 0.717) is 40.9 Å². The number of anilines is 1. The fourth-order valence-corrected chi connectivity index (χ4v) is 5.11. The molecule has 0 radical (unpaired) electrons. The van der Waals surface area contributed by atoms with Gasteiger partial charge in [-0.05, 0) is 75.8 Å². The van der Waals surface area contributed by atoms with Gasteiger partial charge in [-0.25, -0.2) is 18.2 Å². The predicted molar refractivity (Wildman–Crippen MR) is 131 cm³/mol. The lowest BCUT2D eigenvalue weighted by molar-refractivity contribution is -0.119. The van der Waals surface area contributed by atoms with Crippen LogP contribution in [0.15, 0.2) is 52.2 Å². The van der Waals surface area contributed by atoms with Crippen LogP contribution in [0.4, 0.5) is 5.69 Å². The van der Waals surface area contributed by atoms with Crippen LogP contribution in [0.2, 0.25) is 0 Å². The van der Waals surface area contributed by atoms with Crippen molar-refractivity contribution in [2.24, 2.45) is 5.14 Å². The number of rotatable bonds is 5. The number of aromatic nitrogens is 2. The molecule has 0 aliphatic heterocycles. The Hall–Kier alpha value is -3.30. The Labute approximate surface area is 198 Å². The standard InChI is InChI=1S/C25H28N4O4S/c1-15-8-12-19(13-9-15)27-24(30)17(3)29-25(31)21-7-5-4-6-20(21)23(28-29)18-11-10-16(2)22(14-18)34(26,32)33/h8-14,17H,4-7H2,1-3H3,(H,27,30)(H2,26,32,33)/t17-/m0/s1. The van der Waals surface area contributed by atoms with Gasteiger partial charge in [0.15, 0.2) is 0 Å². The van der Waals surface area contributed by atoms with Crippen LogP contribution in [-0.4, -0.2) is 24.1 Å². The summed E-state index contributed by atoms with van der Waals surface area (Å²) in [5.41, 5.74) is 4.43. The second-order valence-electron chi connectivity index (χ2n) is 8.82. The molecular weight excluding hydrogens is 452 g/mol. The molecule has 0 spiro atoms. The van der Waals surface area contributed by atoms with Crippen molar-refractivity contribution in [2.45, 2.75) is 57.4 Å². The number of benzene rings is 2. The fourth-order valence-electron chi connectivity index (χ4n) is 4.30. The molecule has 3 aromatic rings. The Kier molecular flexibility index (Phi) is 6.42. The third kappa shape index (κ3) is 4.67. The molecule has 1 aromatic heterocycles. The molecule has 0 saturated carbocycles. The third-order valence-corrected chi connectivity index (χ3v) is 7.31. The Balaban J connectivity index is 1.81. The summed E-state index contributed by atoms with van der Waals surface area (Å²) in [7, 11) is -3.93. The molecule has 2 aromatic carbocycles.